The van der Waals surface area contributed by atoms with Crippen LogP contribution in [0.5, 0.6) is 0 Å². The van der Waals surface area contributed by atoms with Crippen LogP contribution in [0.15, 0.2) is 23.6 Å². The molecule has 20 heavy (non-hydrogen) atoms. The van der Waals surface area contributed by atoms with E-state index in [1.165, 1.54) is 11.3 Å². The number of amides is 1. The van der Waals surface area contributed by atoms with E-state index in [1.807, 2.05) is 17.5 Å². The largest absolute Gasteiger partial charge is 0.480 e. The zero-order valence-corrected chi connectivity index (χ0v) is 11.4. The van der Waals surface area contributed by atoms with Gasteiger partial charge in [0.2, 0.25) is 0 Å². The molecule has 0 spiro atoms. The number of nitrogens with one attached hydrogen (secondary N) is 2. The zero-order chi connectivity index (χ0) is 14.2. The van der Waals surface area contributed by atoms with Crippen LogP contribution in [0.2, 0.25) is 0 Å². The SMILES string of the molecule is O=C(NC1(C(=O)O)CCC1)c1cc(-c2cccs2)[nH]n1. The van der Waals surface area contributed by atoms with Crippen molar-refractivity contribution in [2.24, 2.45) is 0 Å². The minimum Gasteiger partial charge on any atom is -0.480 e. The average Bonchev–Trinajstić information content (AvgIpc) is 3.01. The van der Waals surface area contributed by atoms with E-state index >= 15 is 0 Å². The van der Waals surface area contributed by atoms with Crippen LogP contribution in [-0.2, 0) is 4.79 Å². The van der Waals surface area contributed by atoms with Gasteiger partial charge in [-0.3, -0.25) is 9.89 Å². The highest BCUT2D eigenvalue weighted by Gasteiger charge is 2.46. The molecule has 0 bridgehead atoms. The summed E-state index contributed by atoms with van der Waals surface area (Å²) in [5.74, 6) is -1.43. The Balaban J connectivity index is 1.76. The van der Waals surface area contributed by atoms with Crippen molar-refractivity contribution in [3.8, 4) is 10.6 Å². The first-order valence-electron chi connectivity index (χ1n) is 6.26. The number of H-pyrrole nitrogens is 1. The summed E-state index contributed by atoms with van der Waals surface area (Å²) in [6.45, 7) is 0. The molecule has 104 valence electrons. The number of carboxylic acids is 1. The highest BCUT2D eigenvalue weighted by molar-refractivity contribution is 7.13. The van der Waals surface area contributed by atoms with Crippen LogP contribution in [0.4, 0.5) is 0 Å². The third-order valence-corrected chi connectivity index (χ3v) is 4.47. The van der Waals surface area contributed by atoms with Gasteiger partial charge in [-0.2, -0.15) is 5.10 Å². The van der Waals surface area contributed by atoms with Crippen LogP contribution in [0.3, 0.4) is 0 Å². The van der Waals surface area contributed by atoms with E-state index in [0.717, 1.165) is 17.0 Å². The van der Waals surface area contributed by atoms with E-state index in [-0.39, 0.29) is 5.69 Å². The summed E-state index contributed by atoms with van der Waals surface area (Å²) in [6.07, 6.45) is 1.75. The highest BCUT2D eigenvalue weighted by atomic mass is 32.1. The number of rotatable bonds is 4. The number of carbonyl (C=O) groups is 2. The molecule has 0 radical (unpaired) electrons. The Morgan fingerprint density at radius 3 is 2.80 bits per heavy atom. The quantitative estimate of drug-likeness (QED) is 0.801. The summed E-state index contributed by atoms with van der Waals surface area (Å²) in [5.41, 5.74) is -0.150. The summed E-state index contributed by atoms with van der Waals surface area (Å²) in [7, 11) is 0. The van der Waals surface area contributed by atoms with E-state index < -0.39 is 17.4 Å². The Kier molecular flexibility index (Phi) is 3.06. The maximum Gasteiger partial charge on any atom is 0.329 e. The third kappa shape index (κ3) is 2.09. The monoisotopic (exact) mass is 291 g/mol. The first-order valence-corrected chi connectivity index (χ1v) is 7.14. The lowest BCUT2D eigenvalue weighted by molar-refractivity contribution is -0.148. The molecule has 0 unspecified atom stereocenters. The summed E-state index contributed by atoms with van der Waals surface area (Å²) in [4.78, 5) is 24.3. The van der Waals surface area contributed by atoms with Gasteiger partial charge in [-0.25, -0.2) is 4.79 Å². The molecule has 0 saturated heterocycles. The predicted octanol–water partition coefficient (Wildman–Crippen LogP) is 1.88. The Hall–Kier alpha value is -2.15. The first-order chi connectivity index (χ1) is 9.61. The molecule has 1 aliphatic carbocycles. The second-order valence-electron chi connectivity index (χ2n) is 4.84. The van der Waals surface area contributed by atoms with Crippen LogP contribution in [0, 0.1) is 0 Å². The van der Waals surface area contributed by atoms with Gasteiger partial charge in [-0.1, -0.05) is 6.07 Å². The van der Waals surface area contributed by atoms with E-state index in [2.05, 4.69) is 15.5 Å². The number of aliphatic carboxylic acids is 1. The smallest absolute Gasteiger partial charge is 0.329 e. The summed E-state index contributed by atoms with van der Waals surface area (Å²) in [5, 5.41) is 20.5. The Bertz CT molecular complexity index is 644. The number of hydrogen-bond acceptors (Lipinski definition) is 4. The fraction of sp³-hybridized carbons (Fsp3) is 0.308. The van der Waals surface area contributed by atoms with Crippen LogP contribution >= 0.6 is 11.3 Å². The minimum absolute atomic E-state index is 0.209. The topological polar surface area (TPSA) is 95.1 Å². The van der Waals surface area contributed by atoms with Crippen molar-refractivity contribution < 1.29 is 14.7 Å². The molecule has 0 aromatic carbocycles. The standard InChI is InChI=1S/C13H13N3O3S/c17-11(14-13(12(18)19)4-2-5-13)9-7-8(15-16-9)10-3-1-6-20-10/h1,3,6-7H,2,4-5H2,(H,14,17)(H,15,16)(H,18,19). The summed E-state index contributed by atoms with van der Waals surface area (Å²) >= 11 is 1.54. The van der Waals surface area contributed by atoms with Gasteiger partial charge in [0, 0.05) is 0 Å². The van der Waals surface area contributed by atoms with E-state index in [1.54, 1.807) is 6.07 Å². The van der Waals surface area contributed by atoms with Gasteiger partial charge in [0.05, 0.1) is 10.6 Å². The van der Waals surface area contributed by atoms with Gasteiger partial charge >= 0.3 is 5.97 Å². The van der Waals surface area contributed by atoms with Crippen molar-refractivity contribution in [1.29, 1.82) is 0 Å². The minimum atomic E-state index is -1.11. The van der Waals surface area contributed by atoms with Crippen molar-refractivity contribution in [3.63, 3.8) is 0 Å². The molecule has 2 heterocycles. The summed E-state index contributed by atoms with van der Waals surface area (Å²) in [6, 6.07) is 5.47. The summed E-state index contributed by atoms with van der Waals surface area (Å²) < 4.78 is 0. The number of aromatic amines is 1. The molecule has 0 aliphatic heterocycles. The Labute approximate surface area is 118 Å². The average molecular weight is 291 g/mol. The lowest BCUT2D eigenvalue weighted by Crippen LogP contribution is -2.59. The van der Waals surface area contributed by atoms with Crippen molar-refractivity contribution in [1.82, 2.24) is 15.5 Å². The highest BCUT2D eigenvalue weighted by Crippen LogP contribution is 2.32. The number of carboxylic acid groups (broad SMARTS) is 1. The Morgan fingerprint density at radius 1 is 1.45 bits per heavy atom. The normalized spacial score (nSPS) is 16.4. The van der Waals surface area contributed by atoms with Crippen LogP contribution in [-0.4, -0.2) is 32.7 Å². The molecule has 1 amide bonds. The molecular weight excluding hydrogens is 278 g/mol. The maximum atomic E-state index is 12.1. The van der Waals surface area contributed by atoms with Gasteiger partial charge in [-0.05, 0) is 36.8 Å². The van der Waals surface area contributed by atoms with Gasteiger partial charge in [0.25, 0.3) is 5.91 Å². The molecule has 7 heteroatoms. The third-order valence-electron chi connectivity index (χ3n) is 3.57. The molecule has 0 atom stereocenters. The Morgan fingerprint density at radius 2 is 2.25 bits per heavy atom. The second kappa shape index (κ2) is 4.75. The predicted molar refractivity (Wildman–Crippen MR) is 73.6 cm³/mol. The molecule has 3 rings (SSSR count). The number of carbonyl (C=O) groups excluding carboxylic acids is 1. The number of thiophene rings is 1. The van der Waals surface area contributed by atoms with E-state index in [9.17, 15) is 14.7 Å². The number of aromatic nitrogens is 2. The van der Waals surface area contributed by atoms with Crippen LogP contribution in [0.25, 0.3) is 10.6 Å². The zero-order valence-electron chi connectivity index (χ0n) is 10.5. The first kappa shape index (κ1) is 12.9. The van der Waals surface area contributed by atoms with Crippen LogP contribution < -0.4 is 5.32 Å². The molecule has 2 aromatic rings. The molecule has 6 nitrogen and oxygen atoms in total. The molecule has 1 aliphatic rings. The number of nitrogens with zero attached hydrogens (tertiary/aromatic N) is 1. The molecule has 1 fully saturated rings. The van der Waals surface area contributed by atoms with Crippen molar-refractivity contribution in [2.75, 3.05) is 0 Å². The maximum absolute atomic E-state index is 12.1. The van der Waals surface area contributed by atoms with Crippen molar-refractivity contribution in [2.45, 2.75) is 24.8 Å². The molecule has 2 aromatic heterocycles. The van der Waals surface area contributed by atoms with Gasteiger partial charge in [0.15, 0.2) is 5.69 Å². The van der Waals surface area contributed by atoms with Crippen molar-refractivity contribution >= 4 is 23.2 Å². The molecule has 3 N–H and O–H groups in total. The van der Waals surface area contributed by atoms with Gasteiger partial charge in [-0.15, -0.1) is 11.3 Å². The lowest BCUT2D eigenvalue weighted by atomic mass is 9.76. The van der Waals surface area contributed by atoms with E-state index in [4.69, 9.17) is 0 Å². The fourth-order valence-corrected chi connectivity index (χ4v) is 2.89. The van der Waals surface area contributed by atoms with Gasteiger partial charge in [0.1, 0.15) is 5.54 Å². The van der Waals surface area contributed by atoms with Crippen molar-refractivity contribution in [3.05, 3.63) is 29.3 Å². The van der Waals surface area contributed by atoms with Gasteiger partial charge < -0.3 is 10.4 Å². The second-order valence-corrected chi connectivity index (χ2v) is 5.79. The van der Waals surface area contributed by atoms with E-state index in [0.29, 0.717) is 12.8 Å². The fourth-order valence-electron chi connectivity index (χ4n) is 2.20. The lowest BCUT2D eigenvalue weighted by Gasteiger charge is -2.37. The van der Waals surface area contributed by atoms with Crippen LogP contribution in [0.1, 0.15) is 29.8 Å². The molecule has 1 saturated carbocycles. The number of hydrogen-bond donors (Lipinski definition) is 3. The molecular formula is C13H13N3O3S.